The Hall–Kier alpha value is -6.99. The zero-order valence-corrected chi connectivity index (χ0v) is 25.5. The van der Waals surface area contributed by atoms with Crippen LogP contribution in [-0.4, -0.2) is 67.6 Å². The summed E-state index contributed by atoms with van der Waals surface area (Å²) >= 11 is 0. The molecule has 5 aromatic rings. The lowest BCUT2D eigenvalue weighted by Crippen LogP contribution is -2.57. The number of nitrogens with zero attached hydrogens (tertiary/aromatic N) is 5. The van der Waals surface area contributed by atoms with Gasteiger partial charge in [0, 0.05) is 22.4 Å². The topological polar surface area (TPSA) is 192 Å². The Morgan fingerprint density at radius 2 is 1.80 bits per heavy atom. The van der Waals surface area contributed by atoms with Crippen LogP contribution in [0.3, 0.4) is 0 Å². The maximum absolute atomic E-state index is 15.5. The average Bonchev–Trinajstić information content (AvgIpc) is 3.60. The summed E-state index contributed by atoms with van der Waals surface area (Å²) in [5, 5.41) is 28.1. The molecular formula is C34H25FN8O6. The van der Waals surface area contributed by atoms with E-state index >= 15 is 4.39 Å². The standard InChI is InChI=1S/C34H25FN8O6/c1-20-8-6-12-24-29(23-11-2-3-13-25(23)35)37-34(16-17-44,38-33(48)36-22-10-7-9-21(18-22)31-39-41-42-40-31)32(47)43(30(20)24)26-14-4-5-15-27(26)49-19-28(45)46/h2-16,18H,19H2,1H3,(H,45,46)(H2,36,38,48)(H,39,40,41,42). The molecule has 0 aliphatic carbocycles. The molecule has 1 aliphatic heterocycles. The molecule has 1 aromatic heterocycles. The third-order valence-corrected chi connectivity index (χ3v) is 7.43. The summed E-state index contributed by atoms with van der Waals surface area (Å²) in [4.78, 5) is 58.2. The van der Waals surface area contributed by atoms with Gasteiger partial charge in [-0.25, -0.2) is 28.9 Å². The van der Waals surface area contributed by atoms with E-state index < -0.39 is 36.0 Å². The molecule has 2 heterocycles. The first-order chi connectivity index (χ1) is 23.7. The molecule has 0 bridgehead atoms. The highest BCUT2D eigenvalue weighted by Gasteiger charge is 2.47. The van der Waals surface area contributed by atoms with Crippen LogP contribution in [0.1, 0.15) is 16.7 Å². The van der Waals surface area contributed by atoms with Crippen molar-refractivity contribution in [2.24, 2.45) is 4.99 Å². The number of hydrogen-bond acceptors (Lipinski definition) is 9. The number of carboxylic acid groups (broad SMARTS) is 1. The van der Waals surface area contributed by atoms with E-state index in [0.29, 0.717) is 17.0 Å². The number of aryl methyl sites for hydroxylation is 1. The van der Waals surface area contributed by atoms with Gasteiger partial charge >= 0.3 is 12.0 Å². The van der Waals surface area contributed by atoms with Gasteiger partial charge in [-0.1, -0.05) is 54.6 Å². The highest BCUT2D eigenvalue weighted by molar-refractivity contribution is 6.24. The minimum absolute atomic E-state index is 0.00560. The molecular weight excluding hydrogens is 635 g/mol. The number of aliphatic carboxylic acids is 1. The number of para-hydroxylation sites is 3. The van der Waals surface area contributed by atoms with Crippen LogP contribution in [0.5, 0.6) is 5.75 Å². The monoisotopic (exact) mass is 660 g/mol. The fourth-order valence-electron chi connectivity index (χ4n) is 5.35. The summed E-state index contributed by atoms with van der Waals surface area (Å²) in [5.41, 5.74) is -0.750. The molecule has 3 amide bonds. The van der Waals surface area contributed by atoms with Crippen molar-refractivity contribution in [3.8, 4) is 17.1 Å². The average molecular weight is 661 g/mol. The first-order valence-electron chi connectivity index (χ1n) is 14.6. The Labute approximate surface area is 276 Å². The second-order valence-electron chi connectivity index (χ2n) is 10.6. The molecule has 0 saturated heterocycles. The normalized spacial score (nSPS) is 15.3. The molecule has 15 heteroatoms. The minimum atomic E-state index is -2.53. The molecule has 14 nitrogen and oxygen atoms in total. The number of ether oxygens (including phenoxy) is 1. The van der Waals surface area contributed by atoms with Crippen LogP contribution >= 0.6 is 0 Å². The smallest absolute Gasteiger partial charge is 0.341 e. The number of amides is 3. The van der Waals surface area contributed by atoms with Gasteiger partial charge in [0.05, 0.1) is 23.2 Å². The molecule has 0 fully saturated rings. The van der Waals surface area contributed by atoms with Crippen molar-refractivity contribution in [2.75, 3.05) is 16.8 Å². The van der Waals surface area contributed by atoms with Crippen LogP contribution in [-0.2, 0) is 14.4 Å². The third kappa shape index (κ3) is 6.37. The van der Waals surface area contributed by atoms with Gasteiger partial charge in [-0.05, 0) is 59.3 Å². The molecule has 0 saturated carbocycles. The number of carbonyl (C=O) groups is 3. The number of aromatic amines is 1. The zero-order valence-electron chi connectivity index (χ0n) is 25.5. The second kappa shape index (κ2) is 13.4. The highest BCUT2D eigenvalue weighted by atomic mass is 19.1. The Morgan fingerprint density at radius 1 is 1.04 bits per heavy atom. The number of urea groups is 1. The van der Waals surface area contributed by atoms with Gasteiger partial charge in [0.2, 0.25) is 5.66 Å². The zero-order chi connectivity index (χ0) is 34.5. The number of rotatable bonds is 9. The number of tetrazole rings is 1. The summed E-state index contributed by atoms with van der Waals surface area (Å²) in [5.74, 6) is -1.03. The van der Waals surface area contributed by atoms with E-state index in [4.69, 9.17) is 4.74 Å². The first-order valence-corrected chi connectivity index (χ1v) is 14.6. The van der Waals surface area contributed by atoms with Crippen LogP contribution in [0.25, 0.3) is 11.4 Å². The molecule has 1 aliphatic rings. The molecule has 244 valence electrons. The van der Waals surface area contributed by atoms with Crippen LogP contribution in [0, 0.1) is 12.7 Å². The van der Waals surface area contributed by atoms with Crippen LogP contribution < -0.4 is 20.3 Å². The Kier molecular flexibility index (Phi) is 8.74. The molecule has 6 rings (SSSR count). The van der Waals surface area contributed by atoms with E-state index in [-0.39, 0.29) is 39.7 Å². The first kappa shape index (κ1) is 32.0. The molecule has 4 N–H and O–H groups in total. The van der Waals surface area contributed by atoms with Crippen molar-refractivity contribution in [1.82, 2.24) is 25.9 Å². The third-order valence-electron chi connectivity index (χ3n) is 7.43. The van der Waals surface area contributed by atoms with Crippen molar-refractivity contribution in [3.63, 3.8) is 0 Å². The molecule has 1 atom stereocenters. The van der Waals surface area contributed by atoms with Gasteiger partial charge in [-0.2, -0.15) is 0 Å². The number of benzodiazepines with no additional fused rings is 1. The lowest BCUT2D eigenvalue weighted by Gasteiger charge is -2.32. The van der Waals surface area contributed by atoms with Gasteiger partial charge in [0.1, 0.15) is 17.5 Å². The van der Waals surface area contributed by atoms with Gasteiger partial charge in [0.15, 0.2) is 12.4 Å². The number of aliphatic imine (C=N–C) groups is 1. The van der Waals surface area contributed by atoms with Gasteiger partial charge in [-0.15, -0.1) is 5.10 Å². The highest BCUT2D eigenvalue weighted by Crippen LogP contribution is 2.42. The van der Waals surface area contributed by atoms with Crippen LogP contribution in [0.15, 0.2) is 102 Å². The summed E-state index contributed by atoms with van der Waals surface area (Å²) < 4.78 is 21.1. The van der Waals surface area contributed by atoms with E-state index in [2.05, 4.69) is 36.3 Å². The maximum Gasteiger partial charge on any atom is 0.341 e. The number of anilines is 3. The van der Waals surface area contributed by atoms with Crippen molar-refractivity contribution < 1.29 is 33.4 Å². The minimum Gasteiger partial charge on any atom is -0.480 e. The van der Waals surface area contributed by atoms with E-state index in [1.165, 1.54) is 30.3 Å². The SMILES string of the molecule is Cc1cccc2c1N(c1ccccc1OCC(=O)O)C(=O)C(C=C=O)(NC(=O)Nc1cccc(-c3nnn[nH]3)c1)N=C2c1ccccc1F. The molecule has 49 heavy (non-hydrogen) atoms. The van der Waals surface area contributed by atoms with E-state index in [1.807, 2.05) is 0 Å². The number of halogens is 1. The van der Waals surface area contributed by atoms with Crippen LogP contribution in [0.4, 0.5) is 26.2 Å². The fraction of sp³-hybridized carbons (Fsp3) is 0.0882. The van der Waals surface area contributed by atoms with Gasteiger partial charge in [0.25, 0.3) is 5.91 Å². The summed E-state index contributed by atoms with van der Waals surface area (Å²) in [6.07, 6.45) is 0.724. The molecule has 1 unspecified atom stereocenters. The van der Waals surface area contributed by atoms with Gasteiger partial charge < -0.3 is 20.5 Å². The van der Waals surface area contributed by atoms with E-state index in [9.17, 15) is 24.3 Å². The van der Waals surface area contributed by atoms with Crippen molar-refractivity contribution in [1.29, 1.82) is 0 Å². The lowest BCUT2D eigenvalue weighted by atomic mass is 9.97. The van der Waals surface area contributed by atoms with Crippen molar-refractivity contribution in [3.05, 3.63) is 120 Å². The number of fused-ring (bicyclic) bond motifs is 1. The van der Waals surface area contributed by atoms with E-state index in [1.54, 1.807) is 73.5 Å². The van der Waals surface area contributed by atoms with Crippen LogP contribution in [0.2, 0.25) is 0 Å². The summed E-state index contributed by atoms with van der Waals surface area (Å²) in [7, 11) is 0. The molecule has 0 spiro atoms. The fourth-order valence-corrected chi connectivity index (χ4v) is 5.35. The van der Waals surface area contributed by atoms with Crippen molar-refractivity contribution in [2.45, 2.75) is 12.6 Å². The number of aromatic nitrogens is 4. The summed E-state index contributed by atoms with van der Waals surface area (Å²) in [6.45, 7) is 0.971. The largest absolute Gasteiger partial charge is 0.480 e. The Balaban J connectivity index is 1.54. The second-order valence-corrected chi connectivity index (χ2v) is 10.6. The number of carbonyl (C=O) groups excluding carboxylic acids is 3. The van der Waals surface area contributed by atoms with E-state index in [0.717, 1.165) is 11.0 Å². The quantitative estimate of drug-likeness (QED) is 0.168. The van der Waals surface area contributed by atoms with Gasteiger partial charge in [-0.3, -0.25) is 9.69 Å². The number of nitrogens with one attached hydrogen (secondary N) is 3. The predicted molar refractivity (Wildman–Crippen MR) is 175 cm³/mol. The Morgan fingerprint density at radius 3 is 2.55 bits per heavy atom. The Bertz CT molecular complexity index is 2170. The number of carboxylic acids is 1. The molecule has 4 aromatic carbocycles. The number of hydrogen-bond donors (Lipinski definition) is 4. The number of H-pyrrole nitrogens is 1. The van der Waals surface area contributed by atoms with Crippen molar-refractivity contribution >= 4 is 46.6 Å². The molecule has 0 radical (unpaired) electrons. The maximum atomic E-state index is 15.5. The number of benzene rings is 4. The lowest BCUT2D eigenvalue weighted by molar-refractivity contribution is -0.139. The predicted octanol–water partition coefficient (Wildman–Crippen LogP) is 4.20. The summed E-state index contributed by atoms with van der Waals surface area (Å²) in [6, 6.07) is 22.3.